The Labute approximate surface area is 247 Å². The number of benzene rings is 2. The van der Waals surface area contributed by atoms with Crippen molar-refractivity contribution in [3.05, 3.63) is 99.9 Å². The minimum atomic E-state index is -4.44. The Morgan fingerprint density at radius 3 is 2.46 bits per heavy atom. The van der Waals surface area contributed by atoms with E-state index in [9.17, 15) is 22.2 Å². The van der Waals surface area contributed by atoms with Crippen LogP contribution in [0.5, 0.6) is 0 Å². The van der Waals surface area contributed by atoms with Crippen molar-refractivity contribution in [1.82, 2.24) is 14.6 Å². The number of aromatic nitrogens is 1. The highest BCUT2D eigenvalue weighted by Crippen LogP contribution is 2.32. The molecule has 1 aliphatic heterocycles. The number of amides is 1. The summed E-state index contributed by atoms with van der Waals surface area (Å²) in [6, 6.07) is 20.9. The number of pyridine rings is 1. The van der Waals surface area contributed by atoms with Crippen LogP contribution in [0.15, 0.2) is 83.1 Å². The second-order valence-electron chi connectivity index (χ2n) is 9.48. The topological polar surface area (TPSA) is 74.3 Å². The van der Waals surface area contributed by atoms with Crippen molar-refractivity contribution in [1.29, 1.82) is 0 Å². The van der Waals surface area contributed by atoms with Gasteiger partial charge in [0.15, 0.2) is 0 Å². The number of carbonyl (C=O) groups is 1. The van der Waals surface area contributed by atoms with Gasteiger partial charge in [-0.25, -0.2) is 13.5 Å². The number of hydrogen-bond donors (Lipinski definition) is 2. The Balaban J connectivity index is 1.34. The van der Waals surface area contributed by atoms with Gasteiger partial charge in [-0.2, -0.15) is 13.2 Å². The summed E-state index contributed by atoms with van der Waals surface area (Å²) in [6.45, 7) is 1.18. The quantitative estimate of drug-likeness (QED) is 0.214. The molecule has 1 saturated heterocycles. The van der Waals surface area contributed by atoms with Crippen LogP contribution in [0.1, 0.15) is 29.5 Å². The average Bonchev–Trinajstić information content (AvgIpc) is 3.64. The first-order chi connectivity index (χ1) is 19.7. The summed E-state index contributed by atoms with van der Waals surface area (Å²) in [5.74, 6) is 0.277. The molecule has 3 heterocycles. The van der Waals surface area contributed by atoms with E-state index in [1.54, 1.807) is 28.6 Å². The van der Waals surface area contributed by atoms with Crippen LogP contribution >= 0.6 is 22.9 Å². The fraction of sp³-hybridized carbons (Fsp3) is 0.241. The summed E-state index contributed by atoms with van der Waals surface area (Å²) < 4.78 is 55.2. The van der Waals surface area contributed by atoms with Crippen molar-refractivity contribution in [3.8, 4) is 11.3 Å². The van der Waals surface area contributed by atoms with E-state index in [0.717, 1.165) is 29.7 Å². The third kappa shape index (κ3) is 7.34. The van der Waals surface area contributed by atoms with Crippen LogP contribution in [-0.2, 0) is 35.0 Å². The molecule has 214 valence electrons. The molecule has 0 spiro atoms. The Morgan fingerprint density at radius 1 is 1.02 bits per heavy atom. The number of hydrogen-bond acceptors (Lipinski definition) is 5. The standard InChI is InChI=1S/C29H26ClF3N4O2S2/c30-25-12-13-27(40-25)41(39)37-14-4-7-24(37)28(38)35-18-20-15-23(21-8-10-22(11-9-21)29(31,32)33)36-26(16-20)34-17-19-5-2-1-3-6-19/h1-3,5-6,8-13,15-16,24H,4,7,14,17-18H2,(H,34,36)(H,35,38). The van der Waals surface area contributed by atoms with E-state index in [2.05, 4.69) is 15.6 Å². The summed E-state index contributed by atoms with van der Waals surface area (Å²) in [7, 11) is -1.49. The highest BCUT2D eigenvalue weighted by atomic mass is 35.5. The van der Waals surface area contributed by atoms with Gasteiger partial charge >= 0.3 is 6.18 Å². The summed E-state index contributed by atoms with van der Waals surface area (Å²) in [4.78, 5) is 17.8. The van der Waals surface area contributed by atoms with E-state index in [1.165, 1.54) is 23.5 Å². The molecular weight excluding hydrogens is 593 g/mol. The average molecular weight is 619 g/mol. The summed E-state index contributed by atoms with van der Waals surface area (Å²) in [5, 5.41) is 6.22. The minimum absolute atomic E-state index is 0.164. The van der Waals surface area contributed by atoms with Crippen LogP contribution < -0.4 is 10.6 Å². The lowest BCUT2D eigenvalue weighted by Crippen LogP contribution is -2.43. The Bertz CT molecular complexity index is 1530. The molecule has 0 aliphatic carbocycles. The monoisotopic (exact) mass is 618 g/mol. The van der Waals surface area contributed by atoms with Crippen LogP contribution in [-0.4, -0.2) is 32.0 Å². The van der Waals surface area contributed by atoms with Crippen molar-refractivity contribution >= 4 is 45.6 Å². The number of nitrogens with one attached hydrogen (secondary N) is 2. The first-order valence-corrected chi connectivity index (χ1v) is 15.2. The number of alkyl halides is 3. The fourth-order valence-corrected chi connectivity index (χ4v) is 7.46. The lowest BCUT2D eigenvalue weighted by Gasteiger charge is -2.22. The third-order valence-electron chi connectivity index (χ3n) is 6.62. The van der Waals surface area contributed by atoms with E-state index < -0.39 is 28.8 Å². The molecule has 2 N–H and O–H groups in total. The van der Waals surface area contributed by atoms with Crippen molar-refractivity contribution < 1.29 is 22.2 Å². The van der Waals surface area contributed by atoms with Crippen LogP contribution in [0.4, 0.5) is 19.0 Å². The van der Waals surface area contributed by atoms with Gasteiger partial charge in [-0.15, -0.1) is 11.3 Å². The van der Waals surface area contributed by atoms with E-state index in [4.69, 9.17) is 11.6 Å². The number of rotatable bonds is 9. The minimum Gasteiger partial charge on any atom is -0.366 e. The van der Waals surface area contributed by atoms with Crippen molar-refractivity contribution in [2.75, 3.05) is 11.9 Å². The fourth-order valence-electron chi connectivity index (χ4n) is 4.56. The number of thiophene rings is 1. The van der Waals surface area contributed by atoms with Crippen LogP contribution in [0.3, 0.4) is 0 Å². The second-order valence-corrected chi connectivity index (χ2v) is 12.9. The van der Waals surface area contributed by atoms with Gasteiger partial charge in [0.1, 0.15) is 27.1 Å². The summed E-state index contributed by atoms with van der Waals surface area (Å²) in [6.07, 6.45) is -3.12. The van der Waals surface area contributed by atoms with Crippen LogP contribution in [0.2, 0.25) is 4.34 Å². The Morgan fingerprint density at radius 2 is 1.78 bits per heavy atom. The molecule has 6 nitrogen and oxygen atoms in total. The molecule has 2 aromatic carbocycles. The number of carbonyl (C=O) groups excluding carboxylic acids is 1. The molecule has 5 rings (SSSR count). The van der Waals surface area contributed by atoms with E-state index in [-0.39, 0.29) is 12.5 Å². The predicted molar refractivity (Wildman–Crippen MR) is 156 cm³/mol. The maximum absolute atomic E-state index is 13.2. The van der Waals surface area contributed by atoms with Crippen LogP contribution in [0.25, 0.3) is 11.3 Å². The van der Waals surface area contributed by atoms with Crippen LogP contribution in [0, 0.1) is 0 Å². The Kier molecular flexibility index (Phi) is 9.08. The molecule has 4 aromatic rings. The first kappa shape index (κ1) is 29.2. The van der Waals surface area contributed by atoms with Gasteiger partial charge in [0.25, 0.3) is 0 Å². The SMILES string of the molecule is O=C(NCc1cc(NCc2ccccc2)nc(-c2ccc(C(F)(F)F)cc2)c1)C1CCCN1S(=O)c1ccc(Cl)s1. The highest BCUT2D eigenvalue weighted by Gasteiger charge is 2.35. The largest absolute Gasteiger partial charge is 0.416 e. The molecule has 12 heteroatoms. The smallest absolute Gasteiger partial charge is 0.366 e. The molecule has 2 aromatic heterocycles. The lowest BCUT2D eigenvalue weighted by atomic mass is 10.1. The van der Waals surface area contributed by atoms with E-state index >= 15 is 0 Å². The number of anilines is 1. The molecule has 0 radical (unpaired) electrons. The Hall–Kier alpha value is -3.25. The van der Waals surface area contributed by atoms with Gasteiger partial charge in [0.05, 0.1) is 15.6 Å². The zero-order valence-corrected chi connectivity index (χ0v) is 24.0. The van der Waals surface area contributed by atoms with Gasteiger partial charge in [-0.1, -0.05) is 54.1 Å². The zero-order valence-electron chi connectivity index (χ0n) is 21.7. The van der Waals surface area contributed by atoms with Crippen molar-refractivity contribution in [3.63, 3.8) is 0 Å². The van der Waals surface area contributed by atoms with Gasteiger partial charge in [0.2, 0.25) is 5.91 Å². The summed E-state index contributed by atoms with van der Waals surface area (Å²) in [5.41, 5.74) is 2.00. The second kappa shape index (κ2) is 12.7. The summed E-state index contributed by atoms with van der Waals surface area (Å²) >= 11 is 7.24. The molecule has 41 heavy (non-hydrogen) atoms. The molecule has 1 aliphatic rings. The third-order valence-corrected chi connectivity index (χ3v) is 9.66. The zero-order chi connectivity index (χ0) is 29.0. The van der Waals surface area contributed by atoms with Gasteiger partial charge < -0.3 is 10.6 Å². The number of halogens is 4. The highest BCUT2D eigenvalue weighted by molar-refractivity contribution is 7.85. The molecule has 1 fully saturated rings. The molecule has 2 unspecified atom stereocenters. The van der Waals surface area contributed by atoms with Crippen molar-refractivity contribution in [2.45, 2.75) is 42.4 Å². The van der Waals surface area contributed by atoms with Gasteiger partial charge in [-0.05, 0) is 60.4 Å². The van der Waals surface area contributed by atoms with Crippen molar-refractivity contribution in [2.24, 2.45) is 0 Å². The normalized spacial score (nSPS) is 16.4. The predicted octanol–water partition coefficient (Wildman–Crippen LogP) is 6.90. The maximum Gasteiger partial charge on any atom is 0.416 e. The van der Waals surface area contributed by atoms with E-state index in [1.807, 2.05) is 30.3 Å². The van der Waals surface area contributed by atoms with Gasteiger partial charge in [-0.3, -0.25) is 4.79 Å². The first-order valence-electron chi connectivity index (χ1n) is 12.9. The number of nitrogens with zero attached hydrogens (tertiary/aromatic N) is 2. The molecule has 0 saturated carbocycles. The molecule has 0 bridgehead atoms. The lowest BCUT2D eigenvalue weighted by molar-refractivity contribution is -0.137. The maximum atomic E-state index is 13.2. The molecule has 1 amide bonds. The van der Waals surface area contributed by atoms with Gasteiger partial charge in [0, 0.05) is 25.2 Å². The molecular formula is C29H26ClF3N4O2S2. The molecule has 2 atom stereocenters. The van der Waals surface area contributed by atoms with E-state index in [0.29, 0.717) is 45.1 Å².